The molecule has 5 nitrogen and oxygen atoms in total. The smallest absolute Gasteiger partial charge is 0.107 e. The summed E-state index contributed by atoms with van der Waals surface area (Å²) in [5.74, 6) is 0. The maximum absolute atomic E-state index is 13.8. The van der Waals surface area contributed by atoms with Crippen LogP contribution < -0.4 is 22.9 Å². The topological polar surface area (TPSA) is 121 Å². The van der Waals surface area contributed by atoms with E-state index in [1.54, 1.807) is 12.1 Å². The van der Waals surface area contributed by atoms with Gasteiger partial charge in [-0.2, -0.15) is 0 Å². The van der Waals surface area contributed by atoms with Crippen LogP contribution in [0.15, 0.2) is 55.6 Å². The second kappa shape index (κ2) is 7.79. The van der Waals surface area contributed by atoms with Gasteiger partial charge in [-0.25, -0.2) is 4.21 Å². The quantitative estimate of drug-likeness (QED) is 0.314. The molecule has 0 radical (unpaired) electrons. The van der Waals surface area contributed by atoms with Gasteiger partial charge in [0.15, 0.2) is 0 Å². The van der Waals surface area contributed by atoms with Crippen molar-refractivity contribution in [1.82, 2.24) is 0 Å². The van der Waals surface area contributed by atoms with Crippen molar-refractivity contribution in [3.05, 3.63) is 58.3 Å². The molecule has 30 heavy (non-hydrogen) atoms. The van der Waals surface area contributed by atoms with Gasteiger partial charge in [-0.15, -0.1) is 22.7 Å². The molecule has 0 saturated carbocycles. The fraction of sp³-hybridized carbons (Fsp3) is 0.0909. The van der Waals surface area contributed by atoms with Crippen LogP contribution in [0.1, 0.15) is 11.1 Å². The van der Waals surface area contributed by atoms with Gasteiger partial charge in [0.25, 0.3) is 0 Å². The second-order valence-corrected chi connectivity index (χ2v) is 10.7. The largest absolute Gasteiger partial charge is 0.397 e. The first-order chi connectivity index (χ1) is 14.3. The molecule has 0 aliphatic rings. The molecule has 0 saturated heterocycles. The molecular formula is C22H22N4OS3. The van der Waals surface area contributed by atoms with Gasteiger partial charge in [0.05, 0.1) is 22.7 Å². The number of nitrogen functional groups attached to an aromatic ring is 4. The summed E-state index contributed by atoms with van der Waals surface area (Å²) in [7, 11) is -1.36. The number of thiophene rings is 2. The van der Waals surface area contributed by atoms with Crippen molar-refractivity contribution < 1.29 is 4.21 Å². The summed E-state index contributed by atoms with van der Waals surface area (Å²) in [4.78, 5) is 0. The lowest BCUT2D eigenvalue weighted by Gasteiger charge is -2.10. The molecule has 2 aromatic heterocycles. The van der Waals surface area contributed by atoms with Gasteiger partial charge in [-0.3, -0.25) is 0 Å². The normalized spacial score (nSPS) is 11.3. The lowest BCUT2D eigenvalue weighted by Crippen LogP contribution is -1.98. The molecule has 4 aromatic rings. The average Bonchev–Trinajstić information content (AvgIpc) is 3.28. The fourth-order valence-electron chi connectivity index (χ4n) is 3.35. The van der Waals surface area contributed by atoms with Crippen LogP contribution in [-0.2, 0) is 10.8 Å². The summed E-state index contributed by atoms with van der Waals surface area (Å²) >= 11 is 2.99. The number of benzene rings is 2. The van der Waals surface area contributed by atoms with Gasteiger partial charge in [-0.1, -0.05) is 12.1 Å². The van der Waals surface area contributed by atoms with E-state index < -0.39 is 10.8 Å². The molecule has 0 aliphatic heterocycles. The van der Waals surface area contributed by atoms with E-state index in [9.17, 15) is 4.21 Å². The predicted octanol–water partition coefficient (Wildman–Crippen LogP) is 5.26. The van der Waals surface area contributed by atoms with E-state index in [1.165, 1.54) is 22.7 Å². The molecule has 0 bridgehead atoms. The van der Waals surface area contributed by atoms with Gasteiger partial charge >= 0.3 is 0 Å². The molecule has 2 heterocycles. The molecule has 0 unspecified atom stereocenters. The summed E-state index contributed by atoms with van der Waals surface area (Å²) < 4.78 is 15.4. The van der Waals surface area contributed by atoms with Crippen LogP contribution in [0.5, 0.6) is 0 Å². The minimum Gasteiger partial charge on any atom is -0.397 e. The van der Waals surface area contributed by atoms with Crippen LogP contribution >= 0.6 is 22.7 Å². The summed E-state index contributed by atoms with van der Waals surface area (Å²) in [5.41, 5.74) is 31.7. The monoisotopic (exact) mass is 454 g/mol. The number of rotatable bonds is 4. The molecule has 8 N–H and O–H groups in total. The molecule has 0 amide bonds. The maximum atomic E-state index is 13.8. The van der Waals surface area contributed by atoms with Crippen molar-refractivity contribution >= 4 is 56.2 Å². The first-order valence-corrected chi connectivity index (χ1v) is 12.1. The number of aryl methyl sites for hydroxylation is 2. The van der Waals surface area contributed by atoms with Gasteiger partial charge in [0.1, 0.15) is 19.2 Å². The molecular weight excluding hydrogens is 432 g/mol. The number of hydrogen-bond acceptors (Lipinski definition) is 7. The third-order valence-corrected chi connectivity index (χ3v) is 9.32. The summed E-state index contributed by atoms with van der Waals surface area (Å²) in [6.07, 6.45) is 0. The third-order valence-electron chi connectivity index (χ3n) is 4.97. The van der Waals surface area contributed by atoms with Crippen LogP contribution in [0.25, 0.3) is 22.3 Å². The van der Waals surface area contributed by atoms with Crippen molar-refractivity contribution in [2.75, 3.05) is 22.9 Å². The van der Waals surface area contributed by atoms with Crippen LogP contribution in [0.2, 0.25) is 0 Å². The van der Waals surface area contributed by atoms with Crippen molar-refractivity contribution in [2.24, 2.45) is 0 Å². The maximum Gasteiger partial charge on any atom is 0.107 e. The first kappa shape index (κ1) is 20.5. The Balaban J connectivity index is 1.84. The molecule has 0 aliphatic carbocycles. The lowest BCUT2D eigenvalue weighted by molar-refractivity contribution is 0.686. The molecule has 2 aromatic carbocycles. The summed E-state index contributed by atoms with van der Waals surface area (Å²) in [5, 5.41) is 4.05. The van der Waals surface area contributed by atoms with E-state index in [0.29, 0.717) is 22.7 Å². The highest BCUT2D eigenvalue weighted by atomic mass is 32.2. The first-order valence-electron chi connectivity index (χ1n) is 9.16. The minimum absolute atomic E-state index is 0.514. The van der Waals surface area contributed by atoms with Crippen molar-refractivity contribution in [1.29, 1.82) is 0 Å². The third kappa shape index (κ3) is 3.47. The van der Waals surface area contributed by atoms with Crippen molar-refractivity contribution in [3.8, 4) is 22.3 Å². The lowest BCUT2D eigenvalue weighted by atomic mass is 10.0. The Hall–Kier alpha value is -2.81. The SMILES string of the molecule is Cc1csc(S(=O)c2scc(C)c2-c2ccc(N)c(N)c2)c1-c1ccc(N)c(N)c1. The highest BCUT2D eigenvalue weighted by molar-refractivity contribution is 7.89. The highest BCUT2D eigenvalue weighted by Gasteiger charge is 2.24. The molecule has 0 atom stereocenters. The second-order valence-electron chi connectivity index (χ2n) is 7.12. The zero-order valence-corrected chi connectivity index (χ0v) is 19.0. The zero-order chi connectivity index (χ0) is 21.6. The van der Waals surface area contributed by atoms with E-state index in [-0.39, 0.29) is 0 Å². The standard InChI is InChI=1S/C22H22N4OS3/c1-11-9-28-21(19(11)13-3-5-15(23)17(25)7-13)30(27)22-20(12(2)10-29-22)14-4-6-16(24)18(26)8-14/h3-10H,23-26H2,1-2H3. The van der Waals surface area contributed by atoms with E-state index in [2.05, 4.69) is 0 Å². The Morgan fingerprint density at radius 1 is 0.667 bits per heavy atom. The van der Waals surface area contributed by atoms with E-state index in [4.69, 9.17) is 22.9 Å². The molecule has 8 heteroatoms. The van der Waals surface area contributed by atoms with Gasteiger partial charge < -0.3 is 22.9 Å². The van der Waals surface area contributed by atoms with E-state index >= 15 is 0 Å². The van der Waals surface area contributed by atoms with Crippen LogP contribution in [0.3, 0.4) is 0 Å². The van der Waals surface area contributed by atoms with Crippen LogP contribution in [-0.4, -0.2) is 4.21 Å². The Kier molecular flexibility index (Phi) is 5.31. The highest BCUT2D eigenvalue weighted by Crippen LogP contribution is 2.43. The number of anilines is 4. The molecule has 0 spiro atoms. The Labute approximate surface area is 185 Å². The molecule has 154 valence electrons. The average molecular weight is 455 g/mol. The van der Waals surface area contributed by atoms with Crippen molar-refractivity contribution in [3.63, 3.8) is 0 Å². The van der Waals surface area contributed by atoms with Gasteiger partial charge in [-0.05, 0) is 71.1 Å². The van der Waals surface area contributed by atoms with E-state index in [1.807, 2.05) is 48.9 Å². The Bertz CT molecular complexity index is 1190. The molecule has 0 fully saturated rings. The summed E-state index contributed by atoms with van der Waals surface area (Å²) in [6, 6.07) is 11.1. The number of hydrogen-bond donors (Lipinski definition) is 4. The van der Waals surface area contributed by atoms with Crippen LogP contribution in [0, 0.1) is 13.8 Å². The van der Waals surface area contributed by atoms with Crippen molar-refractivity contribution in [2.45, 2.75) is 22.3 Å². The van der Waals surface area contributed by atoms with Gasteiger partial charge in [0, 0.05) is 11.1 Å². The van der Waals surface area contributed by atoms with Gasteiger partial charge in [0.2, 0.25) is 0 Å². The predicted molar refractivity (Wildman–Crippen MR) is 131 cm³/mol. The van der Waals surface area contributed by atoms with Crippen LogP contribution in [0.4, 0.5) is 22.7 Å². The Morgan fingerprint density at radius 3 is 1.43 bits per heavy atom. The zero-order valence-electron chi connectivity index (χ0n) is 16.6. The number of nitrogens with two attached hydrogens (primary N) is 4. The molecule has 4 rings (SSSR count). The minimum atomic E-state index is -1.36. The summed E-state index contributed by atoms with van der Waals surface area (Å²) in [6.45, 7) is 4.03. The fourth-order valence-corrected chi connectivity index (χ4v) is 7.69. The Morgan fingerprint density at radius 2 is 1.07 bits per heavy atom. The van der Waals surface area contributed by atoms with E-state index in [0.717, 1.165) is 41.8 Å².